The lowest BCUT2D eigenvalue weighted by atomic mass is 10.1. The van der Waals surface area contributed by atoms with Crippen molar-refractivity contribution in [2.75, 3.05) is 13.2 Å². The molecular formula is C10H14BrNO. The molecule has 0 aliphatic heterocycles. The Kier molecular flexibility index (Phi) is 4.42. The fourth-order valence-corrected chi connectivity index (χ4v) is 1.85. The molecule has 1 rings (SSSR count). The molecule has 0 bridgehead atoms. The highest BCUT2D eigenvalue weighted by molar-refractivity contribution is 9.10. The minimum atomic E-state index is 0.175. The van der Waals surface area contributed by atoms with Gasteiger partial charge in [-0.3, -0.25) is 0 Å². The standard InChI is InChI=1S/C10H14BrNO/c1-8(12-6-7-13)9-4-2-3-5-10(9)11/h2-5,8,12-13H,6-7H2,1H3/t8-/m0/s1. The summed E-state index contributed by atoms with van der Waals surface area (Å²) in [6.45, 7) is 2.88. The first-order chi connectivity index (χ1) is 6.25. The second kappa shape index (κ2) is 5.37. The van der Waals surface area contributed by atoms with Gasteiger partial charge in [-0.1, -0.05) is 34.1 Å². The number of hydrogen-bond acceptors (Lipinski definition) is 2. The number of rotatable bonds is 4. The normalized spacial score (nSPS) is 12.8. The zero-order chi connectivity index (χ0) is 9.68. The first-order valence-electron chi connectivity index (χ1n) is 4.34. The van der Waals surface area contributed by atoms with E-state index >= 15 is 0 Å². The monoisotopic (exact) mass is 243 g/mol. The second-order valence-electron chi connectivity index (χ2n) is 2.92. The van der Waals surface area contributed by atoms with Crippen LogP contribution >= 0.6 is 15.9 Å². The number of halogens is 1. The van der Waals surface area contributed by atoms with Gasteiger partial charge in [0.15, 0.2) is 0 Å². The van der Waals surface area contributed by atoms with Crippen molar-refractivity contribution >= 4 is 15.9 Å². The maximum atomic E-state index is 8.66. The molecule has 72 valence electrons. The van der Waals surface area contributed by atoms with E-state index in [9.17, 15) is 0 Å². The quantitative estimate of drug-likeness (QED) is 0.850. The van der Waals surface area contributed by atoms with E-state index in [1.807, 2.05) is 18.2 Å². The minimum Gasteiger partial charge on any atom is -0.395 e. The largest absolute Gasteiger partial charge is 0.395 e. The summed E-state index contributed by atoms with van der Waals surface area (Å²) in [5.41, 5.74) is 1.22. The van der Waals surface area contributed by atoms with Crippen molar-refractivity contribution < 1.29 is 5.11 Å². The highest BCUT2D eigenvalue weighted by atomic mass is 79.9. The summed E-state index contributed by atoms with van der Waals surface area (Å²) in [4.78, 5) is 0. The maximum Gasteiger partial charge on any atom is 0.0556 e. The van der Waals surface area contributed by atoms with Crippen molar-refractivity contribution in [1.29, 1.82) is 0 Å². The van der Waals surface area contributed by atoms with Crippen LogP contribution in [-0.2, 0) is 0 Å². The van der Waals surface area contributed by atoms with Crippen molar-refractivity contribution in [3.05, 3.63) is 34.3 Å². The van der Waals surface area contributed by atoms with Crippen molar-refractivity contribution in [2.24, 2.45) is 0 Å². The van der Waals surface area contributed by atoms with E-state index in [2.05, 4.69) is 34.2 Å². The van der Waals surface area contributed by atoms with Gasteiger partial charge in [-0.15, -0.1) is 0 Å². The summed E-state index contributed by atoms with van der Waals surface area (Å²) in [5, 5.41) is 11.9. The number of hydrogen-bond donors (Lipinski definition) is 2. The third kappa shape index (κ3) is 3.10. The molecular weight excluding hydrogens is 230 g/mol. The van der Waals surface area contributed by atoms with Crippen LogP contribution in [0.5, 0.6) is 0 Å². The Morgan fingerprint density at radius 3 is 2.77 bits per heavy atom. The lowest BCUT2D eigenvalue weighted by Crippen LogP contribution is -2.22. The SMILES string of the molecule is C[C@H](NCCO)c1ccccc1Br. The Morgan fingerprint density at radius 1 is 1.46 bits per heavy atom. The highest BCUT2D eigenvalue weighted by Gasteiger charge is 2.06. The molecule has 0 spiro atoms. The van der Waals surface area contributed by atoms with Crippen LogP contribution in [-0.4, -0.2) is 18.3 Å². The van der Waals surface area contributed by atoms with Gasteiger partial charge in [0.2, 0.25) is 0 Å². The molecule has 1 aromatic carbocycles. The van der Waals surface area contributed by atoms with Crippen LogP contribution in [0, 0.1) is 0 Å². The molecule has 0 aromatic heterocycles. The lowest BCUT2D eigenvalue weighted by Gasteiger charge is -2.14. The van der Waals surface area contributed by atoms with Gasteiger partial charge in [-0.2, -0.15) is 0 Å². The van der Waals surface area contributed by atoms with Crippen molar-refractivity contribution in [3.8, 4) is 0 Å². The minimum absolute atomic E-state index is 0.175. The molecule has 2 N–H and O–H groups in total. The van der Waals surface area contributed by atoms with E-state index in [0.717, 1.165) is 4.47 Å². The molecule has 0 radical (unpaired) electrons. The van der Waals surface area contributed by atoms with E-state index < -0.39 is 0 Å². The predicted octanol–water partition coefficient (Wildman–Crippen LogP) is 2.09. The lowest BCUT2D eigenvalue weighted by molar-refractivity contribution is 0.286. The number of benzene rings is 1. The molecule has 1 aromatic rings. The third-order valence-electron chi connectivity index (χ3n) is 1.93. The first-order valence-corrected chi connectivity index (χ1v) is 5.13. The number of aliphatic hydroxyl groups is 1. The summed E-state index contributed by atoms with van der Waals surface area (Å²) in [6.07, 6.45) is 0. The summed E-state index contributed by atoms with van der Waals surface area (Å²) >= 11 is 3.49. The average Bonchev–Trinajstić information content (AvgIpc) is 2.15. The second-order valence-corrected chi connectivity index (χ2v) is 3.78. The smallest absolute Gasteiger partial charge is 0.0556 e. The fourth-order valence-electron chi connectivity index (χ4n) is 1.22. The Labute approximate surface area is 87.1 Å². The van der Waals surface area contributed by atoms with Crippen LogP contribution < -0.4 is 5.32 Å². The zero-order valence-electron chi connectivity index (χ0n) is 7.63. The molecule has 0 unspecified atom stereocenters. The van der Waals surface area contributed by atoms with Crippen LogP contribution in [0.1, 0.15) is 18.5 Å². The zero-order valence-corrected chi connectivity index (χ0v) is 9.21. The summed E-state index contributed by atoms with van der Waals surface area (Å²) < 4.78 is 1.10. The van der Waals surface area contributed by atoms with Gasteiger partial charge in [0.25, 0.3) is 0 Å². The fraction of sp³-hybridized carbons (Fsp3) is 0.400. The van der Waals surface area contributed by atoms with Crippen LogP contribution in [0.2, 0.25) is 0 Å². The van der Waals surface area contributed by atoms with E-state index in [4.69, 9.17) is 5.11 Å². The molecule has 0 aliphatic carbocycles. The van der Waals surface area contributed by atoms with E-state index in [1.54, 1.807) is 0 Å². The number of aliphatic hydroxyl groups excluding tert-OH is 1. The molecule has 1 atom stereocenters. The van der Waals surface area contributed by atoms with Crippen molar-refractivity contribution in [1.82, 2.24) is 5.32 Å². The topological polar surface area (TPSA) is 32.3 Å². The Morgan fingerprint density at radius 2 is 2.15 bits per heavy atom. The summed E-state index contributed by atoms with van der Waals surface area (Å²) in [7, 11) is 0. The molecule has 0 saturated heterocycles. The van der Waals surface area contributed by atoms with Gasteiger partial charge in [0, 0.05) is 17.1 Å². The molecule has 0 saturated carbocycles. The van der Waals surface area contributed by atoms with Crippen molar-refractivity contribution in [3.63, 3.8) is 0 Å². The van der Waals surface area contributed by atoms with Gasteiger partial charge >= 0.3 is 0 Å². The van der Waals surface area contributed by atoms with Crippen LogP contribution in [0.4, 0.5) is 0 Å². The Balaban J connectivity index is 2.65. The van der Waals surface area contributed by atoms with Crippen LogP contribution in [0.25, 0.3) is 0 Å². The van der Waals surface area contributed by atoms with Crippen LogP contribution in [0.15, 0.2) is 28.7 Å². The molecule has 0 aliphatic rings. The maximum absolute atomic E-state index is 8.66. The third-order valence-corrected chi connectivity index (χ3v) is 2.66. The van der Waals surface area contributed by atoms with E-state index in [1.165, 1.54) is 5.56 Å². The van der Waals surface area contributed by atoms with Gasteiger partial charge < -0.3 is 10.4 Å². The van der Waals surface area contributed by atoms with Gasteiger partial charge in [0.05, 0.1) is 6.61 Å². The van der Waals surface area contributed by atoms with E-state index in [0.29, 0.717) is 6.54 Å². The molecule has 3 heteroatoms. The molecule has 13 heavy (non-hydrogen) atoms. The first kappa shape index (κ1) is 10.7. The molecule has 0 fully saturated rings. The van der Waals surface area contributed by atoms with Crippen LogP contribution in [0.3, 0.4) is 0 Å². The molecule has 0 heterocycles. The summed E-state index contributed by atoms with van der Waals surface area (Å²) in [5.74, 6) is 0. The van der Waals surface area contributed by atoms with E-state index in [-0.39, 0.29) is 12.6 Å². The number of nitrogens with one attached hydrogen (secondary N) is 1. The average molecular weight is 244 g/mol. The Hall–Kier alpha value is -0.380. The molecule has 2 nitrogen and oxygen atoms in total. The highest BCUT2D eigenvalue weighted by Crippen LogP contribution is 2.22. The predicted molar refractivity (Wildman–Crippen MR) is 57.6 cm³/mol. The van der Waals surface area contributed by atoms with Gasteiger partial charge in [-0.05, 0) is 18.6 Å². The Bertz CT molecular complexity index is 265. The van der Waals surface area contributed by atoms with Gasteiger partial charge in [0.1, 0.15) is 0 Å². The van der Waals surface area contributed by atoms with Crippen molar-refractivity contribution in [2.45, 2.75) is 13.0 Å². The van der Waals surface area contributed by atoms with Gasteiger partial charge in [-0.25, -0.2) is 0 Å². The summed E-state index contributed by atoms with van der Waals surface area (Å²) in [6, 6.07) is 8.36. The molecule has 0 amide bonds.